The van der Waals surface area contributed by atoms with E-state index in [1.165, 1.54) is 12.8 Å². The van der Waals surface area contributed by atoms with Gasteiger partial charge in [0.1, 0.15) is 0 Å². The highest BCUT2D eigenvalue weighted by Gasteiger charge is 2.42. The lowest BCUT2D eigenvalue weighted by atomic mass is 9.72. The summed E-state index contributed by atoms with van der Waals surface area (Å²) in [6.07, 6.45) is 6.03. The van der Waals surface area contributed by atoms with Crippen LogP contribution in [0.1, 0.15) is 44.1 Å². The molecule has 3 fully saturated rings. The molecule has 3 amide bonds. The van der Waals surface area contributed by atoms with Crippen LogP contribution in [0.3, 0.4) is 0 Å². The van der Waals surface area contributed by atoms with Gasteiger partial charge in [0.15, 0.2) is 0 Å². The molecule has 0 aromatic heterocycles. The van der Waals surface area contributed by atoms with Crippen LogP contribution in [0.2, 0.25) is 0 Å². The molecule has 1 aromatic carbocycles. The van der Waals surface area contributed by atoms with Gasteiger partial charge in [-0.15, -0.1) is 0 Å². The van der Waals surface area contributed by atoms with Crippen molar-refractivity contribution in [1.29, 1.82) is 5.26 Å². The van der Waals surface area contributed by atoms with Gasteiger partial charge in [0, 0.05) is 38.3 Å². The summed E-state index contributed by atoms with van der Waals surface area (Å²) in [5.74, 6) is 1.03. The molecule has 0 radical (unpaired) electrons. The standard InChI is InChI=1S/C21H26N4O2/c22-13-17-2-1-3-18(12-17)23-20(27)24-10-8-21(9-11-24)7-6-19(26)25(15-21)14-16-4-5-16/h1-3,12,16H,4-11,14-15H2,(H,23,27). The van der Waals surface area contributed by atoms with Crippen LogP contribution in [0.4, 0.5) is 10.5 Å². The molecule has 3 aliphatic rings. The maximum absolute atomic E-state index is 12.6. The van der Waals surface area contributed by atoms with Crippen LogP contribution in [-0.4, -0.2) is 47.9 Å². The van der Waals surface area contributed by atoms with Crippen LogP contribution < -0.4 is 5.32 Å². The molecule has 1 aromatic rings. The molecule has 4 rings (SSSR count). The number of hydrogen-bond acceptors (Lipinski definition) is 3. The van der Waals surface area contributed by atoms with Gasteiger partial charge in [-0.2, -0.15) is 5.26 Å². The zero-order chi connectivity index (χ0) is 18.9. The Bertz CT molecular complexity index is 773. The maximum Gasteiger partial charge on any atom is 0.321 e. The van der Waals surface area contributed by atoms with Crippen molar-refractivity contribution in [2.75, 3.05) is 31.5 Å². The van der Waals surface area contributed by atoms with Crippen LogP contribution in [0.15, 0.2) is 24.3 Å². The number of piperidine rings is 2. The molecule has 0 atom stereocenters. The Hall–Kier alpha value is -2.55. The smallest absolute Gasteiger partial charge is 0.321 e. The molecule has 2 heterocycles. The number of benzene rings is 1. The van der Waals surface area contributed by atoms with Crippen LogP contribution in [-0.2, 0) is 4.79 Å². The van der Waals surface area contributed by atoms with Gasteiger partial charge in [0.25, 0.3) is 0 Å². The van der Waals surface area contributed by atoms with E-state index in [4.69, 9.17) is 5.26 Å². The van der Waals surface area contributed by atoms with Gasteiger partial charge in [-0.05, 0) is 61.6 Å². The van der Waals surface area contributed by atoms with Crippen molar-refractivity contribution in [3.8, 4) is 6.07 Å². The SMILES string of the molecule is N#Cc1cccc(NC(=O)N2CCC3(CCC(=O)N(CC4CC4)C3)CC2)c1. The summed E-state index contributed by atoms with van der Waals surface area (Å²) in [4.78, 5) is 28.8. The summed E-state index contributed by atoms with van der Waals surface area (Å²) in [7, 11) is 0. The van der Waals surface area contributed by atoms with Gasteiger partial charge >= 0.3 is 6.03 Å². The molecule has 2 saturated heterocycles. The summed E-state index contributed by atoms with van der Waals surface area (Å²) in [5.41, 5.74) is 1.37. The van der Waals surface area contributed by atoms with Crippen LogP contribution in [0, 0.1) is 22.7 Å². The van der Waals surface area contributed by atoms with Crippen LogP contribution in [0.25, 0.3) is 0 Å². The van der Waals surface area contributed by atoms with Gasteiger partial charge in [-0.1, -0.05) is 6.07 Å². The lowest BCUT2D eigenvalue weighted by Gasteiger charge is -2.47. The molecule has 1 aliphatic carbocycles. The van der Waals surface area contributed by atoms with E-state index in [1.54, 1.807) is 24.3 Å². The highest BCUT2D eigenvalue weighted by Crippen LogP contribution is 2.41. The van der Waals surface area contributed by atoms with Crippen molar-refractivity contribution in [3.63, 3.8) is 0 Å². The Morgan fingerprint density at radius 1 is 1.26 bits per heavy atom. The van der Waals surface area contributed by atoms with Crippen LogP contribution in [0.5, 0.6) is 0 Å². The monoisotopic (exact) mass is 366 g/mol. The van der Waals surface area contributed by atoms with Crippen molar-refractivity contribution in [2.24, 2.45) is 11.3 Å². The van der Waals surface area contributed by atoms with E-state index in [9.17, 15) is 9.59 Å². The number of carbonyl (C=O) groups is 2. The van der Waals surface area contributed by atoms with E-state index in [0.717, 1.165) is 51.4 Å². The Labute approximate surface area is 160 Å². The summed E-state index contributed by atoms with van der Waals surface area (Å²) in [5, 5.41) is 11.9. The van der Waals surface area contributed by atoms with E-state index in [2.05, 4.69) is 16.3 Å². The summed E-state index contributed by atoms with van der Waals surface area (Å²) in [6.45, 7) is 3.23. The van der Waals surface area contributed by atoms with Crippen molar-refractivity contribution >= 4 is 17.6 Å². The summed E-state index contributed by atoms with van der Waals surface area (Å²) < 4.78 is 0. The third-order valence-electron chi connectivity index (χ3n) is 6.28. The predicted molar refractivity (Wildman–Crippen MR) is 102 cm³/mol. The minimum Gasteiger partial charge on any atom is -0.342 e. The number of likely N-dealkylation sites (tertiary alicyclic amines) is 2. The fourth-order valence-electron chi connectivity index (χ4n) is 4.34. The Morgan fingerprint density at radius 3 is 2.74 bits per heavy atom. The predicted octanol–water partition coefficient (Wildman–Crippen LogP) is 3.20. The van der Waals surface area contributed by atoms with Gasteiger partial charge in [-0.3, -0.25) is 4.79 Å². The van der Waals surface area contributed by atoms with Crippen molar-refractivity contribution < 1.29 is 9.59 Å². The van der Waals surface area contributed by atoms with Gasteiger partial charge < -0.3 is 15.1 Å². The third-order valence-corrected chi connectivity index (χ3v) is 6.28. The molecule has 1 spiro atoms. The number of carbonyl (C=O) groups excluding carboxylic acids is 2. The van der Waals surface area contributed by atoms with Crippen molar-refractivity contribution in [3.05, 3.63) is 29.8 Å². The molecular formula is C21H26N4O2. The lowest BCUT2D eigenvalue weighted by Crippen LogP contribution is -2.53. The quantitative estimate of drug-likeness (QED) is 0.892. The van der Waals surface area contributed by atoms with Gasteiger partial charge in [0.2, 0.25) is 5.91 Å². The van der Waals surface area contributed by atoms with Gasteiger partial charge in [-0.25, -0.2) is 4.79 Å². The normalized spacial score (nSPS) is 21.8. The molecule has 1 saturated carbocycles. The number of anilines is 1. The van der Waals surface area contributed by atoms with E-state index < -0.39 is 0 Å². The summed E-state index contributed by atoms with van der Waals surface area (Å²) >= 11 is 0. The topological polar surface area (TPSA) is 76.4 Å². The zero-order valence-electron chi connectivity index (χ0n) is 15.6. The second-order valence-corrected chi connectivity index (χ2v) is 8.33. The maximum atomic E-state index is 12.6. The number of urea groups is 1. The second-order valence-electron chi connectivity index (χ2n) is 8.33. The molecular weight excluding hydrogens is 340 g/mol. The van der Waals surface area contributed by atoms with E-state index in [1.807, 2.05) is 4.90 Å². The molecule has 142 valence electrons. The first-order valence-corrected chi connectivity index (χ1v) is 9.91. The van der Waals surface area contributed by atoms with Crippen LogP contribution >= 0.6 is 0 Å². The number of nitrogens with one attached hydrogen (secondary N) is 1. The second kappa shape index (κ2) is 7.22. The number of nitriles is 1. The van der Waals surface area contributed by atoms with E-state index in [0.29, 0.717) is 23.6 Å². The first kappa shape index (κ1) is 17.8. The number of nitrogens with zero attached hydrogens (tertiary/aromatic N) is 3. The van der Waals surface area contributed by atoms with E-state index in [-0.39, 0.29) is 11.4 Å². The third kappa shape index (κ3) is 4.08. The molecule has 1 N–H and O–H groups in total. The first-order valence-electron chi connectivity index (χ1n) is 9.91. The Balaban J connectivity index is 1.33. The minimum atomic E-state index is -0.110. The molecule has 6 nitrogen and oxygen atoms in total. The summed E-state index contributed by atoms with van der Waals surface area (Å²) in [6, 6.07) is 8.95. The highest BCUT2D eigenvalue weighted by molar-refractivity contribution is 5.89. The zero-order valence-corrected chi connectivity index (χ0v) is 15.6. The fourth-order valence-corrected chi connectivity index (χ4v) is 4.34. The first-order chi connectivity index (χ1) is 13.1. The molecule has 6 heteroatoms. The average Bonchev–Trinajstić information content (AvgIpc) is 3.50. The molecule has 27 heavy (non-hydrogen) atoms. The number of amides is 3. The van der Waals surface area contributed by atoms with Gasteiger partial charge in [0.05, 0.1) is 11.6 Å². The van der Waals surface area contributed by atoms with E-state index >= 15 is 0 Å². The molecule has 0 bridgehead atoms. The lowest BCUT2D eigenvalue weighted by molar-refractivity contribution is -0.139. The largest absolute Gasteiger partial charge is 0.342 e. The number of hydrogen-bond donors (Lipinski definition) is 1. The highest BCUT2D eigenvalue weighted by atomic mass is 16.2. The fraction of sp³-hybridized carbons (Fsp3) is 0.571. The average molecular weight is 366 g/mol. The number of rotatable bonds is 3. The molecule has 0 unspecified atom stereocenters. The van der Waals surface area contributed by atoms with Crippen molar-refractivity contribution in [2.45, 2.75) is 38.5 Å². The Morgan fingerprint density at radius 2 is 2.04 bits per heavy atom. The Kier molecular flexibility index (Phi) is 4.77. The van der Waals surface area contributed by atoms with Crippen molar-refractivity contribution in [1.82, 2.24) is 9.80 Å². The molecule has 2 aliphatic heterocycles. The minimum absolute atomic E-state index is 0.110.